The summed E-state index contributed by atoms with van der Waals surface area (Å²) in [7, 11) is 0. The Balaban J connectivity index is 1.28. The minimum Gasteiger partial charge on any atom is -0.369 e. The molecule has 4 rings (SSSR count). The van der Waals surface area contributed by atoms with Crippen LogP contribution < -0.4 is 10.2 Å². The molecule has 1 aliphatic heterocycles. The van der Waals surface area contributed by atoms with Gasteiger partial charge in [0.15, 0.2) is 11.6 Å². The van der Waals surface area contributed by atoms with E-state index in [-0.39, 0.29) is 17.5 Å². The molecule has 0 bridgehead atoms. The molecule has 0 aromatic heterocycles. The molecule has 0 spiro atoms. The summed E-state index contributed by atoms with van der Waals surface area (Å²) in [6.07, 6.45) is 0.362. The molecule has 1 fully saturated rings. The fourth-order valence-electron chi connectivity index (χ4n) is 4.14. The lowest BCUT2D eigenvalue weighted by atomic mass is 10.0. The van der Waals surface area contributed by atoms with Gasteiger partial charge in [-0.25, -0.2) is 0 Å². The third-order valence-electron chi connectivity index (χ3n) is 6.15. The number of amides is 1. The molecule has 1 amide bonds. The Bertz CT molecular complexity index is 1150. The van der Waals surface area contributed by atoms with Crippen molar-refractivity contribution >= 4 is 28.8 Å². The highest BCUT2D eigenvalue weighted by molar-refractivity contribution is 6.13. The summed E-state index contributed by atoms with van der Waals surface area (Å²) < 4.78 is 0. The van der Waals surface area contributed by atoms with Crippen molar-refractivity contribution in [3.8, 4) is 0 Å². The van der Waals surface area contributed by atoms with E-state index in [4.69, 9.17) is 0 Å². The molecule has 0 atom stereocenters. The highest BCUT2D eigenvalue weighted by Gasteiger charge is 2.19. The summed E-state index contributed by atoms with van der Waals surface area (Å²) in [5.74, 6) is -0.138. The Hall–Kier alpha value is -3.77. The predicted molar refractivity (Wildman–Crippen MR) is 135 cm³/mol. The van der Waals surface area contributed by atoms with Crippen LogP contribution in [0.3, 0.4) is 0 Å². The van der Waals surface area contributed by atoms with E-state index in [1.165, 1.54) is 0 Å². The van der Waals surface area contributed by atoms with Crippen LogP contribution in [0.1, 0.15) is 39.6 Å². The summed E-state index contributed by atoms with van der Waals surface area (Å²) in [4.78, 5) is 41.6. The molecule has 0 saturated carbocycles. The normalized spacial score (nSPS) is 14.0. The third kappa shape index (κ3) is 5.77. The summed E-state index contributed by atoms with van der Waals surface area (Å²) in [5, 5.41) is 2.93. The number of Topliss-reactive ketones (excluding diaryl/α,β-unsaturated/α-hetero) is 1. The second-order valence-corrected chi connectivity index (χ2v) is 8.47. The maximum absolute atomic E-state index is 12.9. The summed E-state index contributed by atoms with van der Waals surface area (Å²) in [6, 6.07) is 23.9. The van der Waals surface area contributed by atoms with Crippen LogP contribution in [0, 0.1) is 0 Å². The Morgan fingerprint density at radius 2 is 1.41 bits per heavy atom. The number of hydrogen-bond donors (Lipinski definition) is 1. The molecule has 6 nitrogen and oxygen atoms in total. The van der Waals surface area contributed by atoms with Crippen molar-refractivity contribution in [3.63, 3.8) is 0 Å². The Kier molecular flexibility index (Phi) is 7.50. The smallest absolute Gasteiger partial charge is 0.225 e. The Morgan fingerprint density at radius 1 is 0.765 bits per heavy atom. The average Bonchev–Trinajstić information content (AvgIpc) is 2.88. The molecule has 1 N–H and O–H groups in total. The summed E-state index contributed by atoms with van der Waals surface area (Å²) in [5.41, 5.74) is 3.46. The van der Waals surface area contributed by atoms with Crippen LogP contribution in [-0.2, 0) is 4.79 Å². The van der Waals surface area contributed by atoms with E-state index in [1.54, 1.807) is 37.3 Å². The van der Waals surface area contributed by atoms with Crippen molar-refractivity contribution in [2.75, 3.05) is 42.9 Å². The van der Waals surface area contributed by atoms with Crippen LogP contribution in [0.4, 0.5) is 11.4 Å². The number of para-hydroxylation sites is 1. The fourth-order valence-corrected chi connectivity index (χ4v) is 4.14. The Morgan fingerprint density at radius 3 is 2.09 bits per heavy atom. The van der Waals surface area contributed by atoms with Crippen LogP contribution >= 0.6 is 0 Å². The quantitative estimate of drug-likeness (QED) is 0.514. The van der Waals surface area contributed by atoms with E-state index in [0.717, 1.165) is 37.4 Å². The van der Waals surface area contributed by atoms with E-state index in [2.05, 4.69) is 15.1 Å². The number of benzene rings is 3. The van der Waals surface area contributed by atoms with Crippen molar-refractivity contribution in [3.05, 3.63) is 95.6 Å². The van der Waals surface area contributed by atoms with Gasteiger partial charge in [0.25, 0.3) is 0 Å². The number of hydrogen-bond acceptors (Lipinski definition) is 5. The largest absolute Gasteiger partial charge is 0.369 e. The number of carbonyl (C=O) groups is 3. The third-order valence-corrected chi connectivity index (χ3v) is 6.15. The van der Waals surface area contributed by atoms with E-state index >= 15 is 0 Å². The second kappa shape index (κ2) is 10.9. The zero-order valence-corrected chi connectivity index (χ0v) is 19.4. The van der Waals surface area contributed by atoms with E-state index in [0.29, 0.717) is 29.8 Å². The van der Waals surface area contributed by atoms with E-state index < -0.39 is 0 Å². The number of ketones is 2. The van der Waals surface area contributed by atoms with Crippen LogP contribution in [0.5, 0.6) is 0 Å². The number of anilines is 2. The van der Waals surface area contributed by atoms with Gasteiger partial charge in [-0.15, -0.1) is 0 Å². The highest BCUT2D eigenvalue weighted by atomic mass is 16.2. The van der Waals surface area contributed by atoms with Crippen molar-refractivity contribution in [2.24, 2.45) is 0 Å². The number of piperazine rings is 1. The molecular weight excluding hydrogens is 426 g/mol. The van der Waals surface area contributed by atoms with Gasteiger partial charge in [-0.2, -0.15) is 0 Å². The van der Waals surface area contributed by atoms with Gasteiger partial charge in [0, 0.05) is 61.5 Å². The first-order chi connectivity index (χ1) is 16.5. The first-order valence-electron chi connectivity index (χ1n) is 11.6. The molecular formula is C28H29N3O3. The first kappa shape index (κ1) is 23.4. The lowest BCUT2D eigenvalue weighted by molar-refractivity contribution is -0.116. The topological polar surface area (TPSA) is 69.7 Å². The lowest BCUT2D eigenvalue weighted by Gasteiger charge is -2.36. The van der Waals surface area contributed by atoms with E-state index in [1.807, 2.05) is 48.5 Å². The second-order valence-electron chi connectivity index (χ2n) is 8.47. The van der Waals surface area contributed by atoms with Gasteiger partial charge in [0.2, 0.25) is 5.91 Å². The summed E-state index contributed by atoms with van der Waals surface area (Å²) in [6.45, 7) is 5.71. The van der Waals surface area contributed by atoms with Gasteiger partial charge in [-0.1, -0.05) is 42.5 Å². The zero-order valence-electron chi connectivity index (χ0n) is 19.4. The maximum Gasteiger partial charge on any atom is 0.225 e. The van der Waals surface area contributed by atoms with Crippen molar-refractivity contribution in [1.82, 2.24) is 4.90 Å². The van der Waals surface area contributed by atoms with Gasteiger partial charge in [0.05, 0.1) is 5.69 Å². The predicted octanol–water partition coefficient (Wildman–Crippen LogP) is 4.27. The molecule has 0 unspecified atom stereocenters. The van der Waals surface area contributed by atoms with Crippen LogP contribution in [0.2, 0.25) is 0 Å². The molecule has 3 aromatic carbocycles. The van der Waals surface area contributed by atoms with Gasteiger partial charge in [-0.3, -0.25) is 19.3 Å². The van der Waals surface area contributed by atoms with Crippen LogP contribution in [0.25, 0.3) is 0 Å². The zero-order chi connectivity index (χ0) is 23.9. The fraction of sp³-hybridized carbons (Fsp3) is 0.250. The molecule has 1 aliphatic rings. The first-order valence-corrected chi connectivity index (χ1v) is 11.6. The molecule has 0 radical (unpaired) electrons. The van der Waals surface area contributed by atoms with Crippen molar-refractivity contribution in [2.45, 2.75) is 13.3 Å². The monoisotopic (exact) mass is 455 g/mol. The van der Waals surface area contributed by atoms with E-state index in [9.17, 15) is 14.4 Å². The van der Waals surface area contributed by atoms with Crippen molar-refractivity contribution in [1.29, 1.82) is 0 Å². The summed E-state index contributed by atoms with van der Waals surface area (Å²) >= 11 is 0. The average molecular weight is 456 g/mol. The van der Waals surface area contributed by atoms with Gasteiger partial charge < -0.3 is 10.2 Å². The van der Waals surface area contributed by atoms with Crippen molar-refractivity contribution < 1.29 is 14.4 Å². The molecule has 6 heteroatoms. The van der Waals surface area contributed by atoms with Gasteiger partial charge >= 0.3 is 0 Å². The molecule has 174 valence electrons. The molecule has 3 aromatic rings. The SMILES string of the molecule is CC(=O)c1ccc(N2CCN(CCC(=O)Nc3ccccc3C(=O)c3ccccc3)CC2)cc1. The number of nitrogens with one attached hydrogen (secondary N) is 1. The number of nitrogens with zero attached hydrogens (tertiary/aromatic N) is 2. The number of rotatable bonds is 8. The minimum atomic E-state index is -0.107. The molecule has 1 heterocycles. The highest BCUT2D eigenvalue weighted by Crippen LogP contribution is 2.20. The lowest BCUT2D eigenvalue weighted by Crippen LogP contribution is -2.47. The number of carbonyl (C=O) groups excluding carboxylic acids is 3. The molecule has 0 aliphatic carbocycles. The van der Waals surface area contributed by atoms with Gasteiger partial charge in [-0.05, 0) is 43.3 Å². The Labute approximate surface area is 200 Å². The molecule has 1 saturated heterocycles. The van der Waals surface area contributed by atoms with Gasteiger partial charge in [0.1, 0.15) is 0 Å². The maximum atomic E-state index is 12.9. The minimum absolute atomic E-state index is 0.0710. The molecule has 34 heavy (non-hydrogen) atoms. The van der Waals surface area contributed by atoms with Crippen LogP contribution in [0.15, 0.2) is 78.9 Å². The standard InChI is InChI=1S/C28H29N3O3/c1-21(32)22-11-13-24(14-12-22)31-19-17-30(18-20-31)16-15-27(33)29-26-10-6-5-9-25(26)28(34)23-7-3-2-4-8-23/h2-14H,15-20H2,1H3,(H,29,33). The van der Waals surface area contributed by atoms with Crippen LogP contribution in [-0.4, -0.2) is 55.1 Å².